The van der Waals surface area contributed by atoms with Gasteiger partial charge in [0.15, 0.2) is 0 Å². The van der Waals surface area contributed by atoms with E-state index in [1.54, 1.807) is 6.07 Å². The summed E-state index contributed by atoms with van der Waals surface area (Å²) in [5.74, 6) is -0.0953. The van der Waals surface area contributed by atoms with Gasteiger partial charge < -0.3 is 0 Å². The predicted octanol–water partition coefficient (Wildman–Crippen LogP) is 7.25. The van der Waals surface area contributed by atoms with E-state index < -0.39 is 0 Å². The molecule has 142 valence electrons. The van der Waals surface area contributed by atoms with E-state index in [1.807, 2.05) is 54.7 Å². The van der Waals surface area contributed by atoms with Gasteiger partial charge in [-0.15, -0.1) is 0 Å². The lowest BCUT2D eigenvalue weighted by molar-refractivity contribution is 0.640. The molecule has 1 aliphatic carbocycles. The van der Waals surface area contributed by atoms with Gasteiger partial charge in [-0.1, -0.05) is 60.7 Å². The van der Waals surface area contributed by atoms with Crippen molar-refractivity contribution < 1.29 is 4.39 Å². The third-order valence-electron chi connectivity index (χ3n) is 5.83. The third kappa shape index (κ3) is 3.36. The first-order chi connectivity index (χ1) is 14.3. The summed E-state index contributed by atoms with van der Waals surface area (Å²) < 4.78 is 14.3. The SMILES string of the molecule is Fc1cc2c3c(ccc2c2ccccc12)CCCC3.c1ccc2ncccc2c1. The molecule has 1 aliphatic rings. The zero-order chi connectivity index (χ0) is 19.6. The Morgan fingerprint density at radius 3 is 2.28 bits per heavy atom. The van der Waals surface area contributed by atoms with E-state index >= 15 is 0 Å². The molecule has 0 aliphatic heterocycles. The lowest BCUT2D eigenvalue weighted by Gasteiger charge is -2.19. The summed E-state index contributed by atoms with van der Waals surface area (Å²) in [5, 5.41) is 5.27. The highest BCUT2D eigenvalue weighted by molar-refractivity contribution is 6.09. The molecule has 0 saturated carbocycles. The highest BCUT2D eigenvalue weighted by Gasteiger charge is 2.15. The Hall–Kier alpha value is -3.26. The van der Waals surface area contributed by atoms with E-state index in [1.165, 1.54) is 34.7 Å². The standard InChI is InChI=1S/C18H15F.C9H7N/c19-18-11-17-13-6-2-1-5-12(13)9-10-15(17)14-7-3-4-8-16(14)18;1-2-6-9-8(4-1)5-3-7-10-9/h3-4,7-11H,1-2,5-6H2;1-7H. The molecule has 6 rings (SSSR count). The molecule has 4 aromatic carbocycles. The number of hydrogen-bond acceptors (Lipinski definition) is 1. The van der Waals surface area contributed by atoms with Crippen LogP contribution >= 0.6 is 0 Å². The van der Waals surface area contributed by atoms with Crippen molar-refractivity contribution in [2.24, 2.45) is 0 Å². The van der Waals surface area contributed by atoms with Crippen LogP contribution in [0.2, 0.25) is 0 Å². The Kier molecular flexibility index (Phi) is 4.69. The topological polar surface area (TPSA) is 12.9 Å². The maximum Gasteiger partial charge on any atom is 0.131 e. The van der Waals surface area contributed by atoms with E-state index in [0.717, 1.165) is 34.5 Å². The minimum Gasteiger partial charge on any atom is -0.256 e. The fraction of sp³-hybridized carbons (Fsp3) is 0.148. The number of rotatable bonds is 0. The molecular weight excluding hydrogens is 357 g/mol. The van der Waals surface area contributed by atoms with Gasteiger partial charge in [-0.25, -0.2) is 4.39 Å². The van der Waals surface area contributed by atoms with Gasteiger partial charge in [0, 0.05) is 17.0 Å². The summed E-state index contributed by atoms with van der Waals surface area (Å²) in [6.45, 7) is 0. The van der Waals surface area contributed by atoms with Gasteiger partial charge in [0.25, 0.3) is 0 Å². The number of hydrogen-bond donors (Lipinski definition) is 0. The number of halogens is 1. The van der Waals surface area contributed by atoms with Crippen LogP contribution in [0.15, 0.2) is 85.1 Å². The first kappa shape index (κ1) is 17.8. The largest absolute Gasteiger partial charge is 0.256 e. The van der Waals surface area contributed by atoms with Crippen LogP contribution in [0.4, 0.5) is 4.39 Å². The Morgan fingerprint density at radius 2 is 1.38 bits per heavy atom. The molecule has 0 unspecified atom stereocenters. The van der Waals surface area contributed by atoms with E-state index in [0.29, 0.717) is 0 Å². The molecule has 0 bridgehead atoms. The molecule has 0 saturated heterocycles. The van der Waals surface area contributed by atoms with Crippen LogP contribution in [0.1, 0.15) is 24.0 Å². The average molecular weight is 379 g/mol. The molecule has 0 amide bonds. The fourth-order valence-corrected chi connectivity index (χ4v) is 4.40. The third-order valence-corrected chi connectivity index (χ3v) is 5.83. The monoisotopic (exact) mass is 379 g/mol. The number of fused-ring (bicyclic) bond motifs is 6. The Balaban J connectivity index is 0.000000153. The van der Waals surface area contributed by atoms with Gasteiger partial charge in [0.1, 0.15) is 5.82 Å². The highest BCUT2D eigenvalue weighted by atomic mass is 19.1. The molecule has 0 radical (unpaired) electrons. The second-order valence-electron chi connectivity index (χ2n) is 7.61. The van der Waals surface area contributed by atoms with Crippen LogP contribution in [0, 0.1) is 5.82 Å². The van der Waals surface area contributed by atoms with Gasteiger partial charge in [0.05, 0.1) is 5.52 Å². The van der Waals surface area contributed by atoms with Crippen molar-refractivity contribution in [2.75, 3.05) is 0 Å². The van der Waals surface area contributed by atoms with Crippen molar-refractivity contribution in [2.45, 2.75) is 25.7 Å². The second-order valence-corrected chi connectivity index (χ2v) is 7.61. The van der Waals surface area contributed by atoms with Crippen molar-refractivity contribution >= 4 is 32.4 Å². The van der Waals surface area contributed by atoms with Gasteiger partial charge in [0.2, 0.25) is 0 Å². The lowest BCUT2D eigenvalue weighted by atomic mass is 9.86. The summed E-state index contributed by atoms with van der Waals surface area (Å²) in [5.41, 5.74) is 3.84. The van der Waals surface area contributed by atoms with Gasteiger partial charge in [-0.05, 0) is 71.2 Å². The quantitative estimate of drug-likeness (QED) is 0.258. The highest BCUT2D eigenvalue weighted by Crippen LogP contribution is 2.34. The molecular formula is C27H22FN. The lowest BCUT2D eigenvalue weighted by Crippen LogP contribution is -2.03. The fourth-order valence-electron chi connectivity index (χ4n) is 4.40. The van der Waals surface area contributed by atoms with E-state index in [-0.39, 0.29) is 5.82 Å². The zero-order valence-corrected chi connectivity index (χ0v) is 16.2. The van der Waals surface area contributed by atoms with Crippen LogP contribution in [-0.4, -0.2) is 4.98 Å². The number of aromatic nitrogens is 1. The Bertz CT molecular complexity index is 1260. The van der Waals surface area contributed by atoms with Gasteiger partial charge in [-0.3, -0.25) is 4.98 Å². The number of pyridine rings is 1. The average Bonchev–Trinajstić information content (AvgIpc) is 2.80. The maximum absolute atomic E-state index is 14.3. The van der Waals surface area contributed by atoms with Crippen LogP contribution in [-0.2, 0) is 12.8 Å². The molecule has 1 nitrogen and oxygen atoms in total. The van der Waals surface area contributed by atoms with Gasteiger partial charge >= 0.3 is 0 Å². The van der Waals surface area contributed by atoms with E-state index in [9.17, 15) is 4.39 Å². The summed E-state index contributed by atoms with van der Waals surface area (Å²) in [6.07, 6.45) is 6.52. The molecule has 0 N–H and O–H groups in total. The van der Waals surface area contributed by atoms with Gasteiger partial charge in [-0.2, -0.15) is 0 Å². The maximum atomic E-state index is 14.3. The first-order valence-electron chi connectivity index (χ1n) is 10.2. The predicted molar refractivity (Wildman–Crippen MR) is 120 cm³/mol. The normalized spacial score (nSPS) is 13.1. The van der Waals surface area contributed by atoms with Crippen molar-refractivity contribution in [3.8, 4) is 0 Å². The Morgan fingerprint density at radius 1 is 0.655 bits per heavy atom. The van der Waals surface area contributed by atoms with Crippen LogP contribution in [0.3, 0.4) is 0 Å². The molecule has 0 atom stereocenters. The number of para-hydroxylation sites is 1. The summed E-state index contributed by atoms with van der Waals surface area (Å²) in [6, 6.07) is 26.0. The minimum absolute atomic E-state index is 0.0953. The van der Waals surface area contributed by atoms with Crippen LogP contribution in [0.5, 0.6) is 0 Å². The van der Waals surface area contributed by atoms with Crippen molar-refractivity contribution in [1.29, 1.82) is 0 Å². The van der Waals surface area contributed by atoms with E-state index in [4.69, 9.17) is 0 Å². The molecule has 1 heterocycles. The summed E-state index contributed by atoms with van der Waals surface area (Å²) in [7, 11) is 0. The van der Waals surface area contributed by atoms with Crippen LogP contribution < -0.4 is 0 Å². The second kappa shape index (κ2) is 7.63. The molecule has 1 aromatic heterocycles. The number of benzene rings is 4. The number of aryl methyl sites for hydroxylation is 2. The Labute approximate surface area is 169 Å². The molecule has 2 heteroatoms. The summed E-state index contributed by atoms with van der Waals surface area (Å²) in [4.78, 5) is 4.18. The molecule has 0 spiro atoms. The van der Waals surface area contributed by atoms with Crippen molar-refractivity contribution in [1.82, 2.24) is 4.98 Å². The zero-order valence-electron chi connectivity index (χ0n) is 16.2. The van der Waals surface area contributed by atoms with Crippen molar-refractivity contribution in [3.63, 3.8) is 0 Å². The molecule has 5 aromatic rings. The van der Waals surface area contributed by atoms with Crippen molar-refractivity contribution in [3.05, 3.63) is 102 Å². The van der Waals surface area contributed by atoms with E-state index in [2.05, 4.69) is 29.2 Å². The van der Waals surface area contributed by atoms with Crippen LogP contribution in [0.25, 0.3) is 32.4 Å². The molecule has 0 fully saturated rings. The number of nitrogens with zero attached hydrogens (tertiary/aromatic N) is 1. The summed E-state index contributed by atoms with van der Waals surface area (Å²) >= 11 is 0. The first-order valence-corrected chi connectivity index (χ1v) is 10.2. The molecule has 29 heavy (non-hydrogen) atoms. The smallest absolute Gasteiger partial charge is 0.131 e. The minimum atomic E-state index is -0.0953.